The third kappa shape index (κ3) is 6.56. The van der Waals surface area contributed by atoms with Crippen LogP contribution in [-0.4, -0.2) is 54.0 Å². The number of carbonyl (C=O) groups excluding carboxylic acids is 2. The Morgan fingerprint density at radius 2 is 1.61 bits per heavy atom. The van der Waals surface area contributed by atoms with Crippen LogP contribution < -0.4 is 10.6 Å². The van der Waals surface area contributed by atoms with E-state index in [0.717, 1.165) is 19.6 Å². The summed E-state index contributed by atoms with van der Waals surface area (Å²) < 4.78 is 0. The lowest BCUT2D eigenvalue weighted by Gasteiger charge is -2.35. The van der Waals surface area contributed by atoms with Crippen molar-refractivity contribution in [3.8, 4) is 0 Å². The number of nitrogens with zero attached hydrogens (tertiary/aromatic N) is 2. The van der Waals surface area contributed by atoms with Gasteiger partial charge in [-0.2, -0.15) is 0 Å². The van der Waals surface area contributed by atoms with Gasteiger partial charge in [-0.25, -0.2) is 4.79 Å². The zero-order valence-corrected chi connectivity index (χ0v) is 19.0. The molecule has 0 atom stereocenters. The Balaban J connectivity index is 1.53. The first-order chi connectivity index (χ1) is 14.8. The molecule has 3 amide bonds. The molecule has 6 heteroatoms. The topological polar surface area (TPSA) is 64.7 Å². The van der Waals surface area contributed by atoms with Crippen molar-refractivity contribution in [1.82, 2.24) is 15.1 Å². The highest BCUT2D eigenvalue weighted by Crippen LogP contribution is 2.18. The zero-order chi connectivity index (χ0) is 22.4. The Labute approximate surface area is 185 Å². The Morgan fingerprint density at radius 3 is 2.23 bits per heavy atom. The molecule has 0 bridgehead atoms. The summed E-state index contributed by atoms with van der Waals surface area (Å²) in [7, 11) is 0. The van der Waals surface area contributed by atoms with Crippen LogP contribution >= 0.6 is 0 Å². The fraction of sp³-hybridized carbons (Fsp3) is 0.440. The normalized spacial score (nSPS) is 14.7. The second-order valence-electron chi connectivity index (χ2n) is 8.80. The van der Waals surface area contributed by atoms with Gasteiger partial charge < -0.3 is 15.5 Å². The Morgan fingerprint density at radius 1 is 0.935 bits per heavy atom. The smallest absolute Gasteiger partial charge is 0.319 e. The van der Waals surface area contributed by atoms with Gasteiger partial charge in [0.05, 0.1) is 0 Å². The maximum Gasteiger partial charge on any atom is 0.319 e. The molecule has 0 spiro atoms. The van der Waals surface area contributed by atoms with E-state index in [2.05, 4.69) is 53.6 Å². The number of piperazine rings is 1. The van der Waals surface area contributed by atoms with E-state index in [1.54, 1.807) is 24.3 Å². The van der Waals surface area contributed by atoms with Crippen LogP contribution in [0.15, 0.2) is 48.5 Å². The van der Waals surface area contributed by atoms with Gasteiger partial charge in [-0.15, -0.1) is 0 Å². The van der Waals surface area contributed by atoms with Crippen molar-refractivity contribution in [3.63, 3.8) is 0 Å². The maximum atomic E-state index is 13.0. The molecule has 0 saturated carbocycles. The van der Waals surface area contributed by atoms with Crippen molar-refractivity contribution in [2.45, 2.75) is 46.2 Å². The predicted octanol–water partition coefficient (Wildman–Crippen LogP) is 4.30. The highest BCUT2D eigenvalue weighted by atomic mass is 16.2. The van der Waals surface area contributed by atoms with Crippen LogP contribution in [0.5, 0.6) is 0 Å². The van der Waals surface area contributed by atoms with E-state index in [1.807, 2.05) is 18.7 Å². The Bertz CT molecular complexity index is 885. The van der Waals surface area contributed by atoms with Gasteiger partial charge in [-0.3, -0.25) is 9.69 Å². The first kappa shape index (κ1) is 22.8. The number of hydrogen-bond donors (Lipinski definition) is 2. The van der Waals surface area contributed by atoms with Gasteiger partial charge in [0, 0.05) is 50.0 Å². The molecule has 3 rings (SSSR count). The van der Waals surface area contributed by atoms with Crippen LogP contribution in [0.1, 0.15) is 55.1 Å². The highest BCUT2D eigenvalue weighted by Gasteiger charge is 2.22. The van der Waals surface area contributed by atoms with Crippen LogP contribution in [-0.2, 0) is 6.54 Å². The molecule has 31 heavy (non-hydrogen) atoms. The van der Waals surface area contributed by atoms with Gasteiger partial charge in [0.25, 0.3) is 5.91 Å². The molecule has 1 fully saturated rings. The number of hydrogen-bond acceptors (Lipinski definition) is 3. The summed E-state index contributed by atoms with van der Waals surface area (Å²) in [6, 6.07) is 15.8. The van der Waals surface area contributed by atoms with Crippen molar-refractivity contribution in [2.24, 2.45) is 0 Å². The molecule has 0 unspecified atom stereocenters. The monoisotopic (exact) mass is 422 g/mol. The van der Waals surface area contributed by atoms with E-state index in [9.17, 15) is 9.59 Å². The predicted molar refractivity (Wildman–Crippen MR) is 125 cm³/mol. The summed E-state index contributed by atoms with van der Waals surface area (Å²) in [6.45, 7) is 12.2. The molecule has 2 aromatic rings. The summed E-state index contributed by atoms with van der Waals surface area (Å²) in [6.07, 6.45) is 0. The number of anilines is 1. The van der Waals surface area contributed by atoms with Crippen LogP contribution in [0.3, 0.4) is 0 Å². The lowest BCUT2D eigenvalue weighted by molar-refractivity contribution is 0.0628. The minimum absolute atomic E-state index is 0.00820. The third-order valence-corrected chi connectivity index (χ3v) is 5.50. The summed E-state index contributed by atoms with van der Waals surface area (Å²) >= 11 is 0. The lowest BCUT2D eigenvalue weighted by atomic mass is 10.0. The summed E-state index contributed by atoms with van der Waals surface area (Å²) in [4.78, 5) is 29.2. The molecule has 0 radical (unpaired) electrons. The summed E-state index contributed by atoms with van der Waals surface area (Å²) in [5.41, 5.74) is 3.88. The fourth-order valence-electron chi connectivity index (χ4n) is 3.72. The van der Waals surface area contributed by atoms with Crippen molar-refractivity contribution >= 4 is 17.6 Å². The Kier molecular flexibility index (Phi) is 7.69. The number of rotatable bonds is 6. The van der Waals surface area contributed by atoms with Crippen LogP contribution in [0.25, 0.3) is 0 Å². The van der Waals surface area contributed by atoms with Gasteiger partial charge >= 0.3 is 6.03 Å². The molecular weight excluding hydrogens is 388 g/mol. The molecule has 1 heterocycles. The minimum atomic E-state index is -0.269. The Hall–Kier alpha value is -2.86. The van der Waals surface area contributed by atoms with E-state index < -0.39 is 0 Å². The lowest BCUT2D eigenvalue weighted by Crippen LogP contribution is -2.48. The van der Waals surface area contributed by atoms with E-state index in [0.29, 0.717) is 30.3 Å². The number of amides is 3. The van der Waals surface area contributed by atoms with E-state index in [4.69, 9.17) is 0 Å². The molecule has 2 aromatic carbocycles. The minimum Gasteiger partial charge on any atom is -0.336 e. The van der Waals surface area contributed by atoms with Crippen molar-refractivity contribution in [2.75, 3.05) is 31.5 Å². The maximum absolute atomic E-state index is 13.0. The van der Waals surface area contributed by atoms with Crippen molar-refractivity contribution in [1.29, 1.82) is 0 Å². The largest absolute Gasteiger partial charge is 0.336 e. The van der Waals surface area contributed by atoms with Gasteiger partial charge in [0.15, 0.2) is 0 Å². The molecular formula is C25H34N4O2. The first-order valence-electron chi connectivity index (χ1n) is 11.1. The number of nitrogens with one attached hydrogen (secondary N) is 2. The first-order valence-corrected chi connectivity index (χ1v) is 11.1. The molecule has 1 aliphatic heterocycles. The summed E-state index contributed by atoms with van der Waals surface area (Å²) in [5.74, 6) is 0.552. The van der Waals surface area contributed by atoms with Crippen LogP contribution in [0.4, 0.5) is 10.5 Å². The van der Waals surface area contributed by atoms with Crippen LogP contribution in [0.2, 0.25) is 0 Å². The number of benzene rings is 2. The van der Waals surface area contributed by atoms with Gasteiger partial charge in [-0.1, -0.05) is 44.2 Å². The highest BCUT2D eigenvalue weighted by molar-refractivity contribution is 5.97. The molecule has 6 nitrogen and oxygen atoms in total. The van der Waals surface area contributed by atoms with E-state index in [1.165, 1.54) is 11.1 Å². The van der Waals surface area contributed by atoms with Gasteiger partial charge in [0.1, 0.15) is 0 Å². The SMILES string of the molecule is CC(C)NC(=O)Nc1cccc(C(=O)N2CCN(Cc3ccc(C(C)C)cc3)CC2)c1. The quantitative estimate of drug-likeness (QED) is 0.730. The second-order valence-corrected chi connectivity index (χ2v) is 8.80. The molecule has 1 saturated heterocycles. The fourth-order valence-corrected chi connectivity index (χ4v) is 3.72. The molecule has 166 valence electrons. The molecule has 1 aliphatic rings. The second kappa shape index (κ2) is 10.4. The van der Waals surface area contributed by atoms with E-state index >= 15 is 0 Å². The average Bonchev–Trinajstić information content (AvgIpc) is 2.74. The standard InChI is InChI=1S/C25H34N4O2/c1-18(2)21-10-8-20(9-11-21)17-28-12-14-29(15-13-28)24(30)22-6-5-7-23(16-22)27-25(31)26-19(3)4/h5-11,16,18-19H,12-15,17H2,1-4H3,(H2,26,27,31). The average molecular weight is 423 g/mol. The van der Waals surface area contributed by atoms with E-state index in [-0.39, 0.29) is 18.0 Å². The molecule has 0 aromatic heterocycles. The summed E-state index contributed by atoms with van der Waals surface area (Å²) in [5, 5.41) is 5.57. The number of carbonyl (C=O) groups is 2. The van der Waals surface area contributed by atoms with Gasteiger partial charge in [-0.05, 0) is 49.1 Å². The van der Waals surface area contributed by atoms with Crippen LogP contribution in [0, 0.1) is 0 Å². The third-order valence-electron chi connectivity index (χ3n) is 5.50. The molecule has 2 N–H and O–H groups in total. The van der Waals surface area contributed by atoms with Crippen molar-refractivity contribution < 1.29 is 9.59 Å². The zero-order valence-electron chi connectivity index (χ0n) is 19.0. The van der Waals surface area contributed by atoms with Gasteiger partial charge in [0.2, 0.25) is 0 Å². The number of urea groups is 1. The molecule has 0 aliphatic carbocycles. The van der Waals surface area contributed by atoms with Crippen molar-refractivity contribution in [3.05, 3.63) is 65.2 Å².